The summed E-state index contributed by atoms with van der Waals surface area (Å²) in [6.07, 6.45) is 1.77. The number of phenolic OH excluding ortho intramolecular Hbond substituents is 1. The number of rotatable bonds is 10. The van der Waals surface area contributed by atoms with E-state index in [1.807, 2.05) is 31.2 Å². The maximum atomic E-state index is 13.2. The van der Waals surface area contributed by atoms with Crippen LogP contribution in [0.4, 0.5) is 5.69 Å². The molecule has 1 unspecified atom stereocenters. The minimum absolute atomic E-state index is 0.152. The molecule has 0 bridgehead atoms. The van der Waals surface area contributed by atoms with Gasteiger partial charge in [-0.1, -0.05) is 25.1 Å². The molecule has 39 heavy (non-hydrogen) atoms. The largest absolute Gasteiger partial charge is 0.508 e. The van der Waals surface area contributed by atoms with Gasteiger partial charge < -0.3 is 35.1 Å². The first-order chi connectivity index (χ1) is 18.8. The van der Waals surface area contributed by atoms with E-state index in [0.717, 1.165) is 27.1 Å². The van der Waals surface area contributed by atoms with Gasteiger partial charge in [0, 0.05) is 23.2 Å². The number of nitrogens with two attached hydrogens (primary N) is 1. The number of amides is 1. The van der Waals surface area contributed by atoms with E-state index in [-0.39, 0.29) is 17.6 Å². The lowest BCUT2D eigenvalue weighted by Gasteiger charge is -2.21. The van der Waals surface area contributed by atoms with Crippen LogP contribution in [0.25, 0.3) is 21.6 Å². The quantitative estimate of drug-likeness (QED) is 0.244. The first-order valence-corrected chi connectivity index (χ1v) is 12.9. The van der Waals surface area contributed by atoms with Crippen LogP contribution in [0.15, 0.2) is 60.8 Å². The molecular weight excluding hydrogens is 518 g/mol. The highest BCUT2D eigenvalue weighted by Gasteiger charge is 2.24. The van der Waals surface area contributed by atoms with Gasteiger partial charge in [-0.25, -0.2) is 0 Å². The van der Waals surface area contributed by atoms with Crippen molar-refractivity contribution in [3.05, 3.63) is 66.4 Å². The third-order valence-corrected chi connectivity index (χ3v) is 7.37. The average molecular weight is 550 g/mol. The van der Waals surface area contributed by atoms with E-state index >= 15 is 0 Å². The molecule has 1 heterocycles. The molecule has 0 saturated carbocycles. The number of phenols is 1. The molecule has 0 aliphatic heterocycles. The van der Waals surface area contributed by atoms with Crippen molar-refractivity contribution in [2.75, 3.05) is 33.8 Å². The molecule has 0 saturated heterocycles. The number of methoxy groups -OCH3 is 4. The molecule has 4 rings (SSSR count). The van der Waals surface area contributed by atoms with E-state index < -0.39 is 6.04 Å². The second kappa shape index (κ2) is 12.1. The van der Waals surface area contributed by atoms with Crippen molar-refractivity contribution in [3.8, 4) is 50.3 Å². The van der Waals surface area contributed by atoms with Gasteiger partial charge in [-0.15, -0.1) is 0 Å². The van der Waals surface area contributed by atoms with Gasteiger partial charge in [0.2, 0.25) is 11.7 Å². The topological polar surface area (TPSA) is 125 Å². The van der Waals surface area contributed by atoms with Crippen molar-refractivity contribution >= 4 is 23.1 Å². The maximum absolute atomic E-state index is 13.2. The summed E-state index contributed by atoms with van der Waals surface area (Å²) in [5.74, 6) is 1.57. The summed E-state index contributed by atoms with van der Waals surface area (Å²) >= 11 is 1.33. The van der Waals surface area contributed by atoms with Crippen molar-refractivity contribution in [1.82, 2.24) is 4.37 Å². The number of nitrogens with one attached hydrogen (secondary N) is 1. The van der Waals surface area contributed by atoms with Crippen LogP contribution >= 0.6 is 11.5 Å². The Balaban J connectivity index is 1.66. The summed E-state index contributed by atoms with van der Waals surface area (Å²) in [7, 11) is 6.24. The summed E-state index contributed by atoms with van der Waals surface area (Å²) in [6.45, 7) is 1.87. The van der Waals surface area contributed by atoms with Crippen molar-refractivity contribution in [2.24, 2.45) is 5.73 Å². The predicted molar refractivity (Wildman–Crippen MR) is 152 cm³/mol. The summed E-state index contributed by atoms with van der Waals surface area (Å²) < 4.78 is 26.4. The summed E-state index contributed by atoms with van der Waals surface area (Å²) in [4.78, 5) is 14.0. The number of hydrogen-bond donors (Lipinski definition) is 3. The summed E-state index contributed by atoms with van der Waals surface area (Å²) in [6, 6.07) is 15.1. The molecule has 204 valence electrons. The zero-order chi connectivity index (χ0) is 28.1. The fourth-order valence-electron chi connectivity index (χ4n) is 4.27. The number of ether oxygens (including phenoxy) is 4. The van der Waals surface area contributed by atoms with Crippen LogP contribution in [-0.2, 0) is 4.79 Å². The molecule has 0 fully saturated rings. The number of benzene rings is 3. The predicted octanol–water partition coefficient (Wildman–Crippen LogP) is 5.29. The molecule has 0 radical (unpaired) electrons. The molecule has 2 atom stereocenters. The van der Waals surface area contributed by atoms with E-state index in [1.165, 1.54) is 18.6 Å². The van der Waals surface area contributed by atoms with E-state index in [9.17, 15) is 9.90 Å². The Kier molecular flexibility index (Phi) is 8.58. The van der Waals surface area contributed by atoms with Crippen molar-refractivity contribution in [1.29, 1.82) is 0 Å². The highest BCUT2D eigenvalue weighted by molar-refractivity contribution is 7.10. The van der Waals surface area contributed by atoms with Gasteiger partial charge in [-0.2, -0.15) is 4.37 Å². The lowest BCUT2D eigenvalue weighted by atomic mass is 9.93. The van der Waals surface area contributed by atoms with Gasteiger partial charge in [-0.3, -0.25) is 4.79 Å². The molecule has 0 spiro atoms. The Bertz CT molecular complexity index is 1430. The molecule has 1 aromatic heterocycles. The number of carbonyl (C=O) groups excluding carboxylic acids is 1. The summed E-state index contributed by atoms with van der Waals surface area (Å²) in [5, 5.41) is 12.5. The fourth-order valence-corrected chi connectivity index (χ4v) is 5.02. The van der Waals surface area contributed by atoms with Crippen LogP contribution < -0.4 is 30.0 Å². The van der Waals surface area contributed by atoms with Gasteiger partial charge in [0.05, 0.1) is 45.0 Å². The Morgan fingerprint density at radius 3 is 2.13 bits per heavy atom. The normalized spacial score (nSPS) is 12.4. The van der Waals surface area contributed by atoms with Crippen LogP contribution in [0.2, 0.25) is 0 Å². The first kappa shape index (κ1) is 27.7. The molecule has 9 nitrogen and oxygen atoms in total. The number of nitrogens with zero attached hydrogens (tertiary/aromatic N) is 1. The number of aromatic nitrogens is 1. The van der Waals surface area contributed by atoms with E-state index in [0.29, 0.717) is 28.7 Å². The molecule has 3 aromatic carbocycles. The first-order valence-electron chi connectivity index (χ1n) is 12.1. The Morgan fingerprint density at radius 2 is 1.54 bits per heavy atom. The van der Waals surface area contributed by atoms with Gasteiger partial charge in [0.1, 0.15) is 11.5 Å². The van der Waals surface area contributed by atoms with Crippen LogP contribution in [0.3, 0.4) is 0 Å². The smallest absolute Gasteiger partial charge is 0.242 e. The highest BCUT2D eigenvalue weighted by atomic mass is 32.1. The van der Waals surface area contributed by atoms with E-state index in [1.54, 1.807) is 57.9 Å². The standard InChI is InChI=1S/C29H31N3O6S/c1-16(17-6-9-20(33)10-7-17)26(30)29(34)32-22-12-18(8-11-23(22)35-2)21-15-31-39-28(21)19-13-24(36-3)27(38-5)25(14-19)37-4/h6-16,26,33H,30H2,1-5H3,(H,32,34)/t16?,26-/m0/s1. The van der Waals surface area contributed by atoms with Crippen LogP contribution in [0.5, 0.6) is 28.7 Å². The Morgan fingerprint density at radius 1 is 0.897 bits per heavy atom. The highest BCUT2D eigenvalue weighted by Crippen LogP contribution is 2.45. The number of anilines is 1. The van der Waals surface area contributed by atoms with Gasteiger partial charge in [0.25, 0.3) is 0 Å². The molecule has 0 aliphatic rings. The number of hydrogen-bond acceptors (Lipinski definition) is 9. The molecule has 1 amide bonds. The van der Waals surface area contributed by atoms with Crippen LogP contribution in [-0.4, -0.2) is 49.9 Å². The zero-order valence-electron chi connectivity index (χ0n) is 22.3. The third-order valence-electron chi connectivity index (χ3n) is 6.53. The van der Waals surface area contributed by atoms with Gasteiger partial charge in [0.15, 0.2) is 11.5 Å². The van der Waals surface area contributed by atoms with Crippen molar-refractivity contribution < 1.29 is 28.8 Å². The van der Waals surface area contributed by atoms with Crippen molar-refractivity contribution in [2.45, 2.75) is 18.9 Å². The van der Waals surface area contributed by atoms with Crippen molar-refractivity contribution in [3.63, 3.8) is 0 Å². The zero-order valence-corrected chi connectivity index (χ0v) is 23.2. The van der Waals surface area contributed by atoms with Gasteiger partial charge in [-0.05, 0) is 59.1 Å². The summed E-state index contributed by atoms with van der Waals surface area (Å²) in [5.41, 5.74) is 10.2. The van der Waals surface area contributed by atoms with Gasteiger partial charge >= 0.3 is 0 Å². The Hall–Kier alpha value is -4.28. The lowest BCUT2D eigenvalue weighted by Crippen LogP contribution is -2.39. The van der Waals surface area contributed by atoms with E-state index in [2.05, 4.69) is 9.69 Å². The van der Waals surface area contributed by atoms with E-state index in [4.69, 9.17) is 24.7 Å². The molecule has 10 heteroatoms. The van der Waals surface area contributed by atoms with Crippen LogP contribution in [0.1, 0.15) is 18.4 Å². The van der Waals surface area contributed by atoms with Crippen LogP contribution in [0, 0.1) is 0 Å². The number of carbonyl (C=O) groups is 1. The fraction of sp³-hybridized carbons (Fsp3) is 0.241. The SMILES string of the molecule is COc1ccc(-c2cnsc2-c2cc(OC)c(OC)c(OC)c2)cc1NC(=O)[C@@H](N)C(C)c1ccc(O)cc1. The second-order valence-corrected chi connectivity index (χ2v) is 9.59. The molecule has 0 aliphatic carbocycles. The monoisotopic (exact) mass is 549 g/mol. The molecule has 4 aromatic rings. The third kappa shape index (κ3) is 5.76. The average Bonchev–Trinajstić information content (AvgIpc) is 3.46. The maximum Gasteiger partial charge on any atom is 0.242 e. The number of aromatic hydroxyl groups is 1. The lowest BCUT2D eigenvalue weighted by molar-refractivity contribution is -0.117. The Labute approximate surface area is 231 Å². The minimum atomic E-state index is -0.833. The molecular formula is C29H31N3O6S. The second-order valence-electron chi connectivity index (χ2n) is 8.79. The molecule has 4 N–H and O–H groups in total. The minimum Gasteiger partial charge on any atom is -0.508 e.